The van der Waals surface area contributed by atoms with Gasteiger partial charge in [-0.15, -0.1) is 0 Å². The van der Waals surface area contributed by atoms with E-state index in [1.54, 1.807) is 0 Å². The van der Waals surface area contributed by atoms with Gasteiger partial charge >= 0.3 is 0 Å². The van der Waals surface area contributed by atoms with E-state index in [1.165, 1.54) is 21.2 Å². The SMILES string of the molecule is CC[N+]1(CC)c2ccccc2Sc2ccccc21.[Br-]. The van der Waals surface area contributed by atoms with Gasteiger partial charge in [-0.1, -0.05) is 36.0 Å². The van der Waals surface area contributed by atoms with E-state index in [9.17, 15) is 0 Å². The predicted octanol–water partition coefficient (Wildman–Crippen LogP) is 1.83. The second-order valence-corrected chi connectivity index (χ2v) is 5.72. The van der Waals surface area contributed by atoms with Crippen LogP contribution < -0.4 is 21.5 Å². The quantitative estimate of drug-likeness (QED) is 0.754. The van der Waals surface area contributed by atoms with Gasteiger partial charge in [0.1, 0.15) is 0 Å². The van der Waals surface area contributed by atoms with Gasteiger partial charge in [0, 0.05) is 12.1 Å². The highest BCUT2D eigenvalue weighted by atomic mass is 79.9. The molecule has 3 heteroatoms. The Kier molecular flexibility index (Phi) is 4.39. The molecule has 0 aromatic heterocycles. The van der Waals surface area contributed by atoms with Crippen LogP contribution in [0, 0.1) is 0 Å². The summed E-state index contributed by atoms with van der Waals surface area (Å²) < 4.78 is 0.972. The van der Waals surface area contributed by atoms with E-state index in [-0.39, 0.29) is 17.0 Å². The molecule has 1 aliphatic heterocycles. The summed E-state index contributed by atoms with van der Waals surface area (Å²) in [5.74, 6) is 0. The summed E-state index contributed by atoms with van der Waals surface area (Å²) in [4.78, 5) is 2.81. The van der Waals surface area contributed by atoms with E-state index in [0.29, 0.717) is 0 Å². The maximum absolute atomic E-state index is 2.28. The van der Waals surface area contributed by atoms with Crippen molar-refractivity contribution in [1.82, 2.24) is 4.48 Å². The first-order valence-electron chi connectivity index (χ1n) is 6.56. The molecule has 100 valence electrons. The fraction of sp³-hybridized carbons (Fsp3) is 0.250. The standard InChI is InChI=1S/C16H18NS.BrH/c1-3-17(4-2)13-9-5-7-11-15(13)18-16-12-8-6-10-14(16)17;/h5-12H,3-4H2,1-2H3;1H/q+1;/p-1. The number of para-hydroxylation sites is 2. The van der Waals surface area contributed by atoms with Gasteiger partial charge in [-0.05, 0) is 26.0 Å². The van der Waals surface area contributed by atoms with E-state index < -0.39 is 0 Å². The molecule has 0 atom stereocenters. The predicted molar refractivity (Wildman–Crippen MR) is 79.5 cm³/mol. The molecule has 2 aromatic carbocycles. The van der Waals surface area contributed by atoms with Crippen LogP contribution in [-0.4, -0.2) is 13.1 Å². The van der Waals surface area contributed by atoms with E-state index in [2.05, 4.69) is 62.4 Å². The first-order valence-corrected chi connectivity index (χ1v) is 7.37. The minimum atomic E-state index is 0. The third kappa shape index (κ3) is 2.14. The van der Waals surface area contributed by atoms with Gasteiger partial charge in [-0.25, -0.2) is 0 Å². The Hall–Kier alpha value is -0.770. The second-order valence-electron chi connectivity index (χ2n) is 4.64. The van der Waals surface area contributed by atoms with Crippen LogP contribution in [0.25, 0.3) is 0 Å². The summed E-state index contributed by atoms with van der Waals surface area (Å²) in [7, 11) is 0. The Morgan fingerprint density at radius 2 is 1.21 bits per heavy atom. The normalized spacial score (nSPS) is 15.1. The highest BCUT2D eigenvalue weighted by Gasteiger charge is 2.38. The molecule has 3 rings (SSSR count). The molecule has 0 spiro atoms. The fourth-order valence-corrected chi connectivity index (χ4v) is 4.17. The number of fused-ring (bicyclic) bond motifs is 2. The summed E-state index contributed by atoms with van der Waals surface area (Å²) in [5, 5.41) is 0. The molecule has 0 unspecified atom stereocenters. The molecule has 0 amide bonds. The molecule has 2 aromatic rings. The van der Waals surface area contributed by atoms with Crippen molar-refractivity contribution in [1.29, 1.82) is 0 Å². The van der Waals surface area contributed by atoms with Crippen molar-refractivity contribution < 1.29 is 17.0 Å². The average Bonchev–Trinajstić information content (AvgIpc) is 2.45. The van der Waals surface area contributed by atoms with Crippen LogP contribution in [-0.2, 0) is 0 Å². The van der Waals surface area contributed by atoms with Gasteiger partial charge in [-0.2, -0.15) is 0 Å². The van der Waals surface area contributed by atoms with Crippen LogP contribution in [0.4, 0.5) is 11.4 Å². The van der Waals surface area contributed by atoms with Crippen molar-refractivity contribution in [3.63, 3.8) is 0 Å². The van der Waals surface area contributed by atoms with E-state index >= 15 is 0 Å². The lowest BCUT2D eigenvalue weighted by Crippen LogP contribution is -3.00. The van der Waals surface area contributed by atoms with Crippen molar-refractivity contribution in [3.8, 4) is 0 Å². The molecule has 1 aliphatic rings. The minimum Gasteiger partial charge on any atom is -1.00 e. The molecule has 19 heavy (non-hydrogen) atoms. The van der Waals surface area contributed by atoms with Crippen molar-refractivity contribution in [3.05, 3.63) is 48.5 Å². The Bertz CT molecular complexity index is 531. The zero-order valence-electron chi connectivity index (χ0n) is 11.3. The first-order chi connectivity index (χ1) is 8.81. The summed E-state index contributed by atoms with van der Waals surface area (Å²) >= 11 is 1.90. The Balaban J connectivity index is 0.00000133. The van der Waals surface area contributed by atoms with Gasteiger partial charge < -0.3 is 17.0 Å². The maximum Gasteiger partial charge on any atom is 0.152 e. The molecular formula is C16H18BrNS. The smallest absolute Gasteiger partial charge is 0.152 e. The zero-order chi connectivity index (χ0) is 12.6. The molecular weight excluding hydrogens is 318 g/mol. The lowest BCUT2D eigenvalue weighted by Gasteiger charge is -2.40. The van der Waals surface area contributed by atoms with E-state index in [0.717, 1.165) is 17.6 Å². The van der Waals surface area contributed by atoms with Crippen LogP contribution in [0.2, 0.25) is 0 Å². The van der Waals surface area contributed by atoms with Gasteiger partial charge in [-0.3, -0.25) is 4.48 Å². The number of quaternary nitrogens is 1. The average molecular weight is 336 g/mol. The maximum atomic E-state index is 2.28. The van der Waals surface area contributed by atoms with Crippen molar-refractivity contribution in [2.75, 3.05) is 13.1 Å². The third-order valence-electron chi connectivity index (χ3n) is 3.95. The molecule has 0 N–H and O–H groups in total. The molecule has 0 fully saturated rings. The summed E-state index contributed by atoms with van der Waals surface area (Å²) in [6.07, 6.45) is 0. The van der Waals surface area contributed by atoms with Gasteiger partial charge in [0.25, 0.3) is 0 Å². The zero-order valence-corrected chi connectivity index (χ0v) is 13.7. The van der Waals surface area contributed by atoms with Crippen molar-refractivity contribution in [2.24, 2.45) is 0 Å². The largest absolute Gasteiger partial charge is 1.00 e. The summed E-state index contributed by atoms with van der Waals surface area (Å²) in [6, 6.07) is 17.6. The van der Waals surface area contributed by atoms with E-state index in [1.807, 2.05) is 11.8 Å². The number of hydrogen-bond acceptors (Lipinski definition) is 1. The van der Waals surface area contributed by atoms with Gasteiger partial charge in [0.05, 0.1) is 22.9 Å². The molecule has 0 saturated carbocycles. The van der Waals surface area contributed by atoms with Gasteiger partial charge in [0.2, 0.25) is 0 Å². The molecule has 0 saturated heterocycles. The molecule has 1 heterocycles. The highest BCUT2D eigenvalue weighted by molar-refractivity contribution is 7.99. The fourth-order valence-electron chi connectivity index (χ4n) is 2.95. The second kappa shape index (κ2) is 5.70. The van der Waals surface area contributed by atoms with Crippen molar-refractivity contribution >= 4 is 23.1 Å². The monoisotopic (exact) mass is 335 g/mol. The topological polar surface area (TPSA) is 0 Å². The number of nitrogens with zero attached hydrogens (tertiary/aromatic N) is 1. The van der Waals surface area contributed by atoms with Crippen LogP contribution >= 0.6 is 11.8 Å². The molecule has 1 nitrogen and oxygen atoms in total. The minimum absolute atomic E-state index is 0. The first kappa shape index (κ1) is 14.6. The molecule has 0 radical (unpaired) electrons. The molecule has 0 aliphatic carbocycles. The van der Waals surface area contributed by atoms with Crippen LogP contribution in [0.1, 0.15) is 13.8 Å². The Labute approximate surface area is 130 Å². The van der Waals surface area contributed by atoms with Crippen LogP contribution in [0.15, 0.2) is 58.3 Å². The Morgan fingerprint density at radius 1 is 0.789 bits per heavy atom. The summed E-state index contributed by atoms with van der Waals surface area (Å²) in [5.41, 5.74) is 2.90. The van der Waals surface area contributed by atoms with Crippen LogP contribution in [0.3, 0.4) is 0 Å². The number of rotatable bonds is 2. The van der Waals surface area contributed by atoms with Crippen LogP contribution in [0.5, 0.6) is 0 Å². The Morgan fingerprint density at radius 3 is 1.63 bits per heavy atom. The lowest BCUT2D eigenvalue weighted by atomic mass is 10.1. The third-order valence-corrected chi connectivity index (χ3v) is 5.08. The lowest BCUT2D eigenvalue weighted by molar-refractivity contribution is -0.00000361. The number of benzene rings is 2. The van der Waals surface area contributed by atoms with Gasteiger partial charge in [0.15, 0.2) is 11.4 Å². The highest BCUT2D eigenvalue weighted by Crippen LogP contribution is 2.52. The van der Waals surface area contributed by atoms with Crippen molar-refractivity contribution in [2.45, 2.75) is 23.6 Å². The number of hydrogen-bond donors (Lipinski definition) is 0. The van der Waals surface area contributed by atoms with E-state index in [4.69, 9.17) is 0 Å². The molecule has 0 bridgehead atoms. The summed E-state index contributed by atoms with van der Waals surface area (Å²) in [6.45, 7) is 6.77. The number of halogens is 1.